The molecule has 3 amide bonds. The highest BCUT2D eigenvalue weighted by Crippen LogP contribution is 2.47. The van der Waals surface area contributed by atoms with Gasteiger partial charge in [0, 0.05) is 54.4 Å². The van der Waals surface area contributed by atoms with E-state index >= 15 is 0 Å². The van der Waals surface area contributed by atoms with Crippen LogP contribution in [0.1, 0.15) is 40.4 Å². The first-order chi connectivity index (χ1) is 24.0. The lowest BCUT2D eigenvalue weighted by Gasteiger charge is -2.28. The summed E-state index contributed by atoms with van der Waals surface area (Å²) in [6, 6.07) is 26.8. The molecule has 1 aliphatic rings. The smallest absolute Gasteiger partial charge is 0.269 e. The average Bonchev–Trinajstić information content (AvgIpc) is 3.33. The zero-order valence-corrected chi connectivity index (χ0v) is 27.7. The van der Waals surface area contributed by atoms with Crippen molar-refractivity contribution in [2.75, 3.05) is 30.5 Å². The van der Waals surface area contributed by atoms with Crippen molar-refractivity contribution >= 4 is 34.8 Å². The van der Waals surface area contributed by atoms with Crippen LogP contribution in [-0.4, -0.2) is 58.0 Å². The highest BCUT2D eigenvalue weighted by atomic mass is 16.6. The maximum absolute atomic E-state index is 14.1. The second-order valence-corrected chi connectivity index (χ2v) is 11.9. The molecule has 3 N–H and O–H groups in total. The number of hydrogen-bond donors (Lipinski definition) is 3. The molecule has 2 atom stereocenters. The predicted molar refractivity (Wildman–Crippen MR) is 187 cm³/mol. The van der Waals surface area contributed by atoms with Crippen LogP contribution in [0, 0.1) is 16.0 Å². The van der Waals surface area contributed by atoms with E-state index in [4.69, 9.17) is 4.74 Å². The second kappa shape index (κ2) is 15.6. The standard InChI is InChI=1S/C38H38N4O8/c1-26(8-6-13-35(44)40(20-21-43)24-27-9-4-3-5-10-27)38(47)33-23-31(42(48)49)16-19-34(33)41(37(38)46)25-28-11-7-12-30(22-28)39-36(45)29-14-17-32(50-2)18-15-29/h3-12,14-19,22-23,26,43,47H,13,20-21,24-25H2,1-2H3,(H,39,45)/b8-6+/t26-,38+/m0/s1. The number of benzene rings is 4. The number of aliphatic hydroxyl groups is 2. The molecule has 0 saturated carbocycles. The molecular formula is C38H38N4O8. The van der Waals surface area contributed by atoms with Gasteiger partial charge >= 0.3 is 0 Å². The number of nitrogens with one attached hydrogen (secondary N) is 1. The van der Waals surface area contributed by atoms with Crippen LogP contribution >= 0.6 is 0 Å². The summed E-state index contributed by atoms with van der Waals surface area (Å²) in [5.74, 6) is -1.55. The molecule has 0 unspecified atom stereocenters. The van der Waals surface area contributed by atoms with E-state index in [1.54, 1.807) is 67.6 Å². The molecule has 12 heteroatoms. The summed E-state index contributed by atoms with van der Waals surface area (Å²) in [5.41, 5.74) is 0.378. The first-order valence-electron chi connectivity index (χ1n) is 16.0. The third-order valence-electron chi connectivity index (χ3n) is 8.66. The molecule has 0 fully saturated rings. The number of aliphatic hydroxyl groups excluding tert-OH is 1. The Kier molecular flexibility index (Phi) is 11.0. The van der Waals surface area contributed by atoms with Gasteiger partial charge in [0.15, 0.2) is 5.60 Å². The van der Waals surface area contributed by atoms with Crippen molar-refractivity contribution < 1.29 is 34.3 Å². The lowest BCUT2D eigenvalue weighted by atomic mass is 9.82. The van der Waals surface area contributed by atoms with E-state index in [-0.39, 0.29) is 49.2 Å². The van der Waals surface area contributed by atoms with Gasteiger partial charge in [-0.15, -0.1) is 0 Å². The number of non-ortho nitro benzene ring substituents is 1. The molecule has 0 spiro atoms. The Morgan fingerprint density at radius 2 is 1.74 bits per heavy atom. The van der Waals surface area contributed by atoms with Crippen molar-refractivity contribution in [2.24, 2.45) is 5.92 Å². The number of amides is 3. The molecule has 4 aromatic rings. The van der Waals surface area contributed by atoms with Crippen molar-refractivity contribution in [2.45, 2.75) is 32.0 Å². The van der Waals surface area contributed by atoms with Crippen molar-refractivity contribution in [3.63, 3.8) is 0 Å². The van der Waals surface area contributed by atoms with Gasteiger partial charge in [-0.25, -0.2) is 0 Å². The number of anilines is 2. The number of fused-ring (bicyclic) bond motifs is 1. The number of nitro groups is 1. The minimum atomic E-state index is -2.17. The van der Waals surface area contributed by atoms with E-state index in [0.717, 1.165) is 5.56 Å². The van der Waals surface area contributed by atoms with Crippen molar-refractivity contribution in [1.29, 1.82) is 0 Å². The van der Waals surface area contributed by atoms with E-state index in [9.17, 15) is 34.7 Å². The van der Waals surface area contributed by atoms with E-state index < -0.39 is 22.3 Å². The molecule has 5 rings (SSSR count). The summed E-state index contributed by atoms with van der Waals surface area (Å²) in [6.45, 7) is 1.84. The fourth-order valence-corrected chi connectivity index (χ4v) is 5.94. The van der Waals surface area contributed by atoms with Crippen LogP contribution in [0.25, 0.3) is 0 Å². The number of carbonyl (C=O) groups excluding carboxylic acids is 3. The van der Waals surface area contributed by atoms with Crippen LogP contribution in [0.2, 0.25) is 0 Å². The number of hydrogen-bond acceptors (Lipinski definition) is 8. The molecule has 50 heavy (non-hydrogen) atoms. The maximum Gasteiger partial charge on any atom is 0.269 e. The van der Waals surface area contributed by atoms with Gasteiger partial charge in [0.2, 0.25) is 5.91 Å². The fraction of sp³-hybridized carbons (Fsp3) is 0.237. The third kappa shape index (κ3) is 7.72. The molecule has 0 saturated heterocycles. The van der Waals surface area contributed by atoms with Gasteiger partial charge < -0.3 is 30.1 Å². The molecule has 258 valence electrons. The molecule has 4 aromatic carbocycles. The van der Waals surface area contributed by atoms with Gasteiger partial charge in [0.25, 0.3) is 17.5 Å². The number of nitro benzene ring substituents is 1. The van der Waals surface area contributed by atoms with Gasteiger partial charge in [-0.2, -0.15) is 0 Å². The van der Waals surface area contributed by atoms with Gasteiger partial charge in [0.05, 0.1) is 30.9 Å². The predicted octanol–water partition coefficient (Wildman–Crippen LogP) is 5.19. The van der Waals surface area contributed by atoms with Crippen LogP contribution in [0.15, 0.2) is 109 Å². The molecular weight excluding hydrogens is 640 g/mol. The van der Waals surface area contributed by atoms with Gasteiger partial charge in [0.1, 0.15) is 5.75 Å². The van der Waals surface area contributed by atoms with Gasteiger partial charge in [-0.05, 0) is 53.6 Å². The largest absolute Gasteiger partial charge is 0.497 e. The first kappa shape index (κ1) is 35.5. The SMILES string of the molecule is COc1ccc(C(=O)Nc2cccc(CN3C(=O)[C@@](O)([C@@H](C)/C=C/CC(=O)N(CCO)Cc4ccccc4)c4cc([N+](=O)[O-])ccc43)c2)cc1. The average molecular weight is 679 g/mol. The zero-order chi connectivity index (χ0) is 35.8. The second-order valence-electron chi connectivity index (χ2n) is 11.9. The van der Waals surface area contributed by atoms with E-state index in [0.29, 0.717) is 34.8 Å². The number of ether oxygens (including phenoxy) is 1. The third-order valence-corrected chi connectivity index (χ3v) is 8.66. The fourth-order valence-electron chi connectivity index (χ4n) is 5.94. The van der Waals surface area contributed by atoms with Crippen molar-refractivity contribution in [3.8, 4) is 5.75 Å². The zero-order valence-electron chi connectivity index (χ0n) is 27.7. The molecule has 1 aliphatic heterocycles. The van der Waals surface area contributed by atoms with Gasteiger partial charge in [-0.1, -0.05) is 61.5 Å². The molecule has 0 bridgehead atoms. The molecule has 0 aromatic heterocycles. The van der Waals surface area contributed by atoms with Crippen molar-refractivity contribution in [3.05, 3.63) is 142 Å². The summed E-state index contributed by atoms with van der Waals surface area (Å²) >= 11 is 0. The minimum absolute atomic E-state index is 0.00270. The lowest BCUT2D eigenvalue weighted by molar-refractivity contribution is -0.385. The monoisotopic (exact) mass is 678 g/mol. The van der Waals surface area contributed by atoms with Crippen LogP contribution in [-0.2, 0) is 28.3 Å². The Bertz CT molecular complexity index is 1900. The Morgan fingerprint density at radius 3 is 2.42 bits per heavy atom. The van der Waals surface area contributed by atoms with E-state index in [1.165, 1.54) is 35.1 Å². The highest BCUT2D eigenvalue weighted by Gasteiger charge is 2.53. The van der Waals surface area contributed by atoms with Gasteiger partial charge in [-0.3, -0.25) is 24.5 Å². The molecule has 0 aliphatic carbocycles. The number of nitrogens with zero attached hydrogens (tertiary/aromatic N) is 3. The quantitative estimate of drug-likeness (QED) is 0.0932. The summed E-state index contributed by atoms with van der Waals surface area (Å²) in [4.78, 5) is 54.0. The maximum atomic E-state index is 14.1. The first-order valence-corrected chi connectivity index (χ1v) is 16.0. The minimum Gasteiger partial charge on any atom is -0.497 e. The summed E-state index contributed by atoms with van der Waals surface area (Å²) in [7, 11) is 1.54. The number of rotatable bonds is 14. The summed E-state index contributed by atoms with van der Waals surface area (Å²) < 4.78 is 5.15. The van der Waals surface area contributed by atoms with Crippen LogP contribution in [0.4, 0.5) is 17.1 Å². The van der Waals surface area contributed by atoms with Crippen LogP contribution in [0.3, 0.4) is 0 Å². The Hall–Kier alpha value is -5.85. The molecule has 12 nitrogen and oxygen atoms in total. The molecule has 0 radical (unpaired) electrons. The Balaban J connectivity index is 1.35. The van der Waals surface area contributed by atoms with Crippen LogP contribution < -0.4 is 15.0 Å². The molecule has 1 heterocycles. The Morgan fingerprint density at radius 1 is 1.02 bits per heavy atom. The van der Waals surface area contributed by atoms with E-state index in [2.05, 4.69) is 5.32 Å². The number of carbonyl (C=O) groups is 3. The summed E-state index contributed by atoms with van der Waals surface area (Å²) in [6.07, 6.45) is 3.06. The lowest BCUT2D eigenvalue weighted by Crippen LogP contribution is -2.44. The topological polar surface area (TPSA) is 163 Å². The highest BCUT2D eigenvalue weighted by molar-refractivity contribution is 6.07. The van der Waals surface area contributed by atoms with Crippen LogP contribution in [0.5, 0.6) is 5.75 Å². The van der Waals surface area contributed by atoms with Crippen molar-refractivity contribution in [1.82, 2.24) is 4.90 Å². The Labute approximate surface area is 289 Å². The van der Waals surface area contributed by atoms with E-state index in [1.807, 2.05) is 30.3 Å². The summed E-state index contributed by atoms with van der Waals surface area (Å²) in [5, 5.41) is 36.1. The number of methoxy groups -OCH3 is 1. The normalized spacial score (nSPS) is 15.8.